The van der Waals surface area contributed by atoms with Gasteiger partial charge in [0.05, 0.1) is 5.57 Å². The Morgan fingerprint density at radius 3 is 2.78 bits per heavy atom. The molecule has 118 valence electrons. The van der Waals surface area contributed by atoms with E-state index in [1.165, 1.54) is 11.3 Å². The SMILES string of the molecule is O=C(O)C1=C(CBr)NC(c2nccs2)=N[C@H]1c1ccccc1Br. The third-order valence-electron chi connectivity index (χ3n) is 3.32. The van der Waals surface area contributed by atoms with E-state index in [0.717, 1.165) is 15.0 Å². The molecule has 0 unspecified atom stereocenters. The first-order chi connectivity index (χ1) is 11.1. The van der Waals surface area contributed by atoms with E-state index in [2.05, 4.69) is 47.2 Å². The first kappa shape index (κ1) is 16.4. The van der Waals surface area contributed by atoms with E-state index >= 15 is 0 Å². The molecule has 3 rings (SSSR count). The summed E-state index contributed by atoms with van der Waals surface area (Å²) in [7, 11) is 0. The summed E-state index contributed by atoms with van der Waals surface area (Å²) in [5.41, 5.74) is 1.62. The van der Waals surface area contributed by atoms with Crippen molar-refractivity contribution in [2.45, 2.75) is 6.04 Å². The minimum atomic E-state index is -0.991. The maximum atomic E-state index is 11.8. The van der Waals surface area contributed by atoms with E-state index in [0.29, 0.717) is 16.9 Å². The van der Waals surface area contributed by atoms with Crippen LogP contribution < -0.4 is 5.32 Å². The zero-order valence-electron chi connectivity index (χ0n) is 11.7. The normalized spacial score (nSPS) is 17.7. The summed E-state index contributed by atoms with van der Waals surface area (Å²) < 4.78 is 0.821. The Morgan fingerprint density at radius 2 is 2.17 bits per heavy atom. The van der Waals surface area contributed by atoms with Gasteiger partial charge in [0, 0.05) is 27.1 Å². The summed E-state index contributed by atoms with van der Waals surface area (Å²) in [6.45, 7) is 0. The predicted molar refractivity (Wildman–Crippen MR) is 97.1 cm³/mol. The number of carboxylic acids is 1. The van der Waals surface area contributed by atoms with Crippen molar-refractivity contribution >= 4 is 55.0 Å². The van der Waals surface area contributed by atoms with Gasteiger partial charge in [0.25, 0.3) is 0 Å². The number of benzene rings is 1. The number of hydrogen-bond acceptors (Lipinski definition) is 5. The van der Waals surface area contributed by atoms with Crippen LogP contribution in [0.2, 0.25) is 0 Å². The van der Waals surface area contributed by atoms with Gasteiger partial charge in [-0.25, -0.2) is 9.78 Å². The van der Waals surface area contributed by atoms with Crippen molar-refractivity contribution in [1.82, 2.24) is 10.3 Å². The molecule has 2 heterocycles. The summed E-state index contributed by atoms with van der Waals surface area (Å²) in [5, 5.41) is 15.7. The van der Waals surface area contributed by atoms with Gasteiger partial charge in [-0.05, 0) is 11.6 Å². The minimum Gasteiger partial charge on any atom is -0.478 e. The topological polar surface area (TPSA) is 74.6 Å². The Labute approximate surface area is 153 Å². The molecule has 0 spiro atoms. The van der Waals surface area contributed by atoms with Crippen molar-refractivity contribution in [2.24, 2.45) is 4.99 Å². The number of alkyl halides is 1. The van der Waals surface area contributed by atoms with E-state index in [1.54, 1.807) is 6.20 Å². The second-order valence-corrected chi connectivity index (χ2v) is 7.00. The lowest BCUT2D eigenvalue weighted by Gasteiger charge is -2.25. The van der Waals surface area contributed by atoms with Crippen molar-refractivity contribution in [2.75, 3.05) is 5.33 Å². The Kier molecular flexibility index (Phi) is 4.93. The number of hydrogen-bond donors (Lipinski definition) is 2. The van der Waals surface area contributed by atoms with Crippen LogP contribution in [0, 0.1) is 0 Å². The van der Waals surface area contributed by atoms with Gasteiger partial charge in [-0.2, -0.15) is 0 Å². The summed E-state index contributed by atoms with van der Waals surface area (Å²) in [5.74, 6) is -0.408. The van der Waals surface area contributed by atoms with E-state index < -0.39 is 12.0 Å². The fourth-order valence-electron chi connectivity index (χ4n) is 2.32. The van der Waals surface area contributed by atoms with Gasteiger partial charge < -0.3 is 10.4 Å². The molecular formula is C15H11Br2N3O2S. The highest BCUT2D eigenvalue weighted by Crippen LogP contribution is 2.36. The number of aliphatic imine (C=N–C) groups is 1. The van der Waals surface area contributed by atoms with E-state index in [1.807, 2.05) is 29.6 Å². The molecule has 0 saturated carbocycles. The number of thiazole rings is 1. The largest absolute Gasteiger partial charge is 0.478 e. The summed E-state index contributed by atoms with van der Waals surface area (Å²) in [6, 6.07) is 6.90. The third kappa shape index (κ3) is 3.24. The quantitative estimate of drug-likeness (QED) is 0.687. The van der Waals surface area contributed by atoms with Gasteiger partial charge in [-0.3, -0.25) is 4.99 Å². The lowest BCUT2D eigenvalue weighted by Crippen LogP contribution is -2.34. The number of carboxylic acid groups (broad SMARTS) is 1. The van der Waals surface area contributed by atoms with Gasteiger partial charge in [0.2, 0.25) is 0 Å². The predicted octanol–water partition coefficient (Wildman–Crippen LogP) is 3.73. The number of nitrogens with zero attached hydrogens (tertiary/aromatic N) is 2. The van der Waals surface area contributed by atoms with Crippen LogP contribution in [-0.4, -0.2) is 27.2 Å². The molecule has 2 N–H and O–H groups in total. The molecule has 1 aromatic carbocycles. The number of aliphatic carboxylic acids is 1. The fourth-order valence-corrected chi connectivity index (χ4v) is 3.86. The maximum Gasteiger partial charge on any atom is 0.335 e. The number of nitrogens with one attached hydrogen (secondary N) is 1. The molecule has 0 saturated heterocycles. The zero-order valence-corrected chi connectivity index (χ0v) is 15.7. The summed E-state index contributed by atoms with van der Waals surface area (Å²) in [6.07, 6.45) is 1.70. The van der Waals surface area contributed by atoms with Gasteiger partial charge in [0.1, 0.15) is 6.04 Å². The van der Waals surface area contributed by atoms with Crippen LogP contribution in [0.15, 0.2) is 56.6 Å². The minimum absolute atomic E-state index is 0.231. The second kappa shape index (κ2) is 6.94. The van der Waals surface area contributed by atoms with Crippen molar-refractivity contribution < 1.29 is 9.90 Å². The number of amidine groups is 1. The molecule has 0 radical (unpaired) electrons. The van der Waals surface area contributed by atoms with Crippen LogP contribution >= 0.6 is 43.2 Å². The number of allylic oxidation sites excluding steroid dienone is 1. The van der Waals surface area contributed by atoms with Crippen LogP contribution in [-0.2, 0) is 4.79 Å². The van der Waals surface area contributed by atoms with Crippen molar-refractivity contribution in [3.63, 3.8) is 0 Å². The van der Waals surface area contributed by atoms with Crippen LogP contribution in [0.4, 0.5) is 0 Å². The molecule has 8 heteroatoms. The van der Waals surface area contributed by atoms with Crippen molar-refractivity contribution in [3.05, 3.63) is 62.2 Å². The first-order valence-electron chi connectivity index (χ1n) is 6.63. The Morgan fingerprint density at radius 1 is 1.39 bits per heavy atom. The highest BCUT2D eigenvalue weighted by atomic mass is 79.9. The number of halogens is 2. The van der Waals surface area contributed by atoms with Crippen LogP contribution in [0.25, 0.3) is 0 Å². The Balaban J connectivity index is 2.16. The van der Waals surface area contributed by atoms with E-state index in [4.69, 9.17) is 0 Å². The molecule has 0 amide bonds. The molecule has 2 aromatic rings. The zero-order chi connectivity index (χ0) is 16.4. The van der Waals surface area contributed by atoms with Crippen molar-refractivity contribution in [3.8, 4) is 0 Å². The molecule has 1 aliphatic heterocycles. The highest BCUT2D eigenvalue weighted by molar-refractivity contribution is 9.10. The van der Waals surface area contributed by atoms with Crippen LogP contribution in [0.1, 0.15) is 16.6 Å². The van der Waals surface area contributed by atoms with Gasteiger partial charge in [-0.15, -0.1) is 11.3 Å². The molecule has 0 bridgehead atoms. The molecule has 1 atom stereocenters. The Hall–Kier alpha value is -1.51. The summed E-state index contributed by atoms with van der Waals surface area (Å²) in [4.78, 5) is 20.7. The third-order valence-corrected chi connectivity index (χ3v) is 5.39. The van der Waals surface area contributed by atoms with Gasteiger partial charge >= 0.3 is 5.97 Å². The standard InChI is InChI=1S/C15H11Br2N3O2S/c16-7-10-11(15(21)22)12(8-3-1-2-4-9(8)17)20-13(19-10)14-18-5-6-23-14/h1-6,12H,7H2,(H,19,20)(H,21,22)/t12-/m0/s1. The molecule has 1 aromatic heterocycles. The molecule has 1 aliphatic rings. The fraction of sp³-hybridized carbons (Fsp3) is 0.133. The molecule has 23 heavy (non-hydrogen) atoms. The van der Waals surface area contributed by atoms with E-state index in [-0.39, 0.29) is 5.57 Å². The molecular weight excluding hydrogens is 446 g/mol. The first-order valence-corrected chi connectivity index (χ1v) is 9.42. The number of rotatable bonds is 4. The smallest absolute Gasteiger partial charge is 0.335 e. The monoisotopic (exact) mass is 455 g/mol. The second-order valence-electron chi connectivity index (χ2n) is 4.70. The average molecular weight is 457 g/mol. The number of carbonyl (C=O) groups is 1. The lowest BCUT2D eigenvalue weighted by molar-refractivity contribution is -0.133. The molecule has 0 fully saturated rings. The number of aromatic nitrogens is 1. The Bertz CT molecular complexity index is 803. The van der Waals surface area contributed by atoms with E-state index in [9.17, 15) is 9.90 Å². The lowest BCUT2D eigenvalue weighted by atomic mass is 9.96. The van der Waals surface area contributed by atoms with Gasteiger partial charge in [0.15, 0.2) is 10.8 Å². The molecule has 0 aliphatic carbocycles. The highest BCUT2D eigenvalue weighted by Gasteiger charge is 2.32. The average Bonchev–Trinajstić information content (AvgIpc) is 3.08. The van der Waals surface area contributed by atoms with Crippen LogP contribution in [0.3, 0.4) is 0 Å². The van der Waals surface area contributed by atoms with Crippen molar-refractivity contribution in [1.29, 1.82) is 0 Å². The molecule has 5 nitrogen and oxygen atoms in total. The van der Waals surface area contributed by atoms with Gasteiger partial charge in [-0.1, -0.05) is 50.1 Å². The maximum absolute atomic E-state index is 11.8. The van der Waals surface area contributed by atoms with Crippen LogP contribution in [0.5, 0.6) is 0 Å². The summed E-state index contributed by atoms with van der Waals surface area (Å²) >= 11 is 8.30.